The zero-order valence-electron chi connectivity index (χ0n) is 9.90. The van der Waals surface area contributed by atoms with Crippen LogP contribution >= 0.6 is 0 Å². The van der Waals surface area contributed by atoms with Crippen molar-refractivity contribution in [2.75, 3.05) is 0 Å². The minimum absolute atomic E-state index is 0.214. The van der Waals surface area contributed by atoms with Gasteiger partial charge in [0.1, 0.15) is 5.65 Å². The number of fused-ring (bicyclic) bond motifs is 1. The van der Waals surface area contributed by atoms with E-state index in [2.05, 4.69) is 9.97 Å². The SMILES string of the molecule is CC(C)Cn1c(=O)[nH]c2c1c(=O)[nH]c(=O)n2C. The van der Waals surface area contributed by atoms with Crippen molar-refractivity contribution in [3.05, 3.63) is 31.3 Å². The first-order chi connectivity index (χ1) is 7.91. The molecular formula is C10H14N4O3. The fraction of sp³-hybridized carbons (Fsp3) is 0.500. The van der Waals surface area contributed by atoms with Gasteiger partial charge in [0, 0.05) is 13.6 Å². The first kappa shape index (κ1) is 11.4. The summed E-state index contributed by atoms with van der Waals surface area (Å²) in [5.74, 6) is 0.225. The van der Waals surface area contributed by atoms with Gasteiger partial charge >= 0.3 is 11.4 Å². The van der Waals surface area contributed by atoms with E-state index in [0.29, 0.717) is 6.54 Å². The molecule has 0 atom stereocenters. The standard InChI is InChI=1S/C10H14N4O3/c1-5(2)4-14-6-7(11-10(14)17)13(3)9(16)12-8(6)15/h5H,4H2,1-3H3,(H,11,17)(H,12,15,16). The second-order valence-corrected chi connectivity index (χ2v) is 4.45. The lowest BCUT2D eigenvalue weighted by atomic mass is 10.2. The molecule has 0 amide bonds. The predicted molar refractivity (Wildman–Crippen MR) is 63.3 cm³/mol. The van der Waals surface area contributed by atoms with Crippen LogP contribution in [0.15, 0.2) is 14.4 Å². The van der Waals surface area contributed by atoms with E-state index in [1.165, 1.54) is 16.2 Å². The van der Waals surface area contributed by atoms with E-state index in [1.54, 1.807) is 0 Å². The fourth-order valence-electron chi connectivity index (χ4n) is 1.81. The quantitative estimate of drug-likeness (QED) is 0.729. The van der Waals surface area contributed by atoms with Gasteiger partial charge in [-0.3, -0.25) is 23.9 Å². The Balaban J connectivity index is 2.92. The number of aryl methyl sites for hydroxylation is 1. The van der Waals surface area contributed by atoms with Crippen LogP contribution in [0.1, 0.15) is 13.8 Å². The van der Waals surface area contributed by atoms with Gasteiger partial charge in [-0.25, -0.2) is 9.59 Å². The van der Waals surface area contributed by atoms with Gasteiger partial charge in [-0.1, -0.05) is 13.8 Å². The van der Waals surface area contributed by atoms with Crippen molar-refractivity contribution in [2.24, 2.45) is 13.0 Å². The lowest BCUT2D eigenvalue weighted by Gasteiger charge is -2.05. The summed E-state index contributed by atoms with van der Waals surface area (Å²) in [6.07, 6.45) is 0. The Morgan fingerprint density at radius 2 is 1.76 bits per heavy atom. The van der Waals surface area contributed by atoms with E-state index in [9.17, 15) is 14.4 Å². The molecule has 0 saturated carbocycles. The minimum atomic E-state index is -0.541. The predicted octanol–water partition coefficient (Wildman–Crippen LogP) is -0.627. The highest BCUT2D eigenvalue weighted by Gasteiger charge is 2.14. The van der Waals surface area contributed by atoms with Crippen molar-refractivity contribution in [1.82, 2.24) is 19.1 Å². The summed E-state index contributed by atoms with van der Waals surface area (Å²) in [6.45, 7) is 4.32. The van der Waals surface area contributed by atoms with E-state index >= 15 is 0 Å². The third-order valence-corrected chi connectivity index (χ3v) is 2.59. The summed E-state index contributed by atoms with van der Waals surface area (Å²) in [5.41, 5.74) is -0.988. The molecule has 2 aromatic rings. The Hall–Kier alpha value is -2.05. The third-order valence-electron chi connectivity index (χ3n) is 2.59. The van der Waals surface area contributed by atoms with Crippen molar-refractivity contribution in [3.63, 3.8) is 0 Å². The van der Waals surface area contributed by atoms with Gasteiger partial charge in [0.2, 0.25) is 0 Å². The van der Waals surface area contributed by atoms with E-state index in [1.807, 2.05) is 13.8 Å². The first-order valence-electron chi connectivity index (χ1n) is 5.33. The number of aromatic amines is 2. The Morgan fingerprint density at radius 3 is 2.35 bits per heavy atom. The van der Waals surface area contributed by atoms with Gasteiger partial charge in [-0.2, -0.15) is 0 Å². The topological polar surface area (TPSA) is 92.7 Å². The number of hydrogen-bond acceptors (Lipinski definition) is 3. The number of nitrogens with zero attached hydrogens (tertiary/aromatic N) is 2. The number of nitrogens with one attached hydrogen (secondary N) is 2. The van der Waals surface area contributed by atoms with E-state index < -0.39 is 11.2 Å². The molecule has 0 radical (unpaired) electrons. The number of rotatable bonds is 2. The van der Waals surface area contributed by atoms with Gasteiger partial charge in [-0.05, 0) is 5.92 Å². The molecule has 2 rings (SSSR count). The van der Waals surface area contributed by atoms with Gasteiger partial charge in [0.05, 0.1) is 0 Å². The van der Waals surface area contributed by atoms with E-state index in [0.717, 1.165) is 0 Å². The maximum Gasteiger partial charge on any atom is 0.329 e. The summed E-state index contributed by atoms with van der Waals surface area (Å²) < 4.78 is 2.58. The maximum atomic E-state index is 11.7. The molecular weight excluding hydrogens is 224 g/mol. The smallest absolute Gasteiger partial charge is 0.291 e. The van der Waals surface area contributed by atoms with Crippen LogP contribution in [0, 0.1) is 5.92 Å². The van der Waals surface area contributed by atoms with Gasteiger partial charge < -0.3 is 0 Å². The largest absolute Gasteiger partial charge is 0.329 e. The average molecular weight is 238 g/mol. The minimum Gasteiger partial charge on any atom is -0.291 e. The van der Waals surface area contributed by atoms with Crippen LogP contribution in [-0.2, 0) is 13.6 Å². The number of H-pyrrole nitrogens is 2. The van der Waals surface area contributed by atoms with Crippen LogP contribution in [-0.4, -0.2) is 19.1 Å². The second kappa shape index (κ2) is 3.76. The zero-order valence-corrected chi connectivity index (χ0v) is 9.90. The summed E-state index contributed by atoms with van der Waals surface area (Å²) in [4.78, 5) is 39.5. The van der Waals surface area contributed by atoms with Crippen molar-refractivity contribution in [1.29, 1.82) is 0 Å². The lowest BCUT2D eigenvalue weighted by Crippen LogP contribution is -2.30. The van der Waals surface area contributed by atoms with E-state index in [4.69, 9.17) is 0 Å². The molecule has 0 fully saturated rings. The van der Waals surface area contributed by atoms with Gasteiger partial charge in [-0.15, -0.1) is 0 Å². The number of imidazole rings is 1. The van der Waals surface area contributed by atoms with Crippen LogP contribution in [0.4, 0.5) is 0 Å². The molecule has 0 saturated heterocycles. The normalized spacial score (nSPS) is 11.5. The summed E-state index contributed by atoms with van der Waals surface area (Å²) >= 11 is 0. The van der Waals surface area contributed by atoms with Gasteiger partial charge in [0.25, 0.3) is 5.56 Å². The molecule has 0 unspecified atom stereocenters. The highest BCUT2D eigenvalue weighted by molar-refractivity contribution is 5.69. The molecule has 0 aliphatic heterocycles. The van der Waals surface area contributed by atoms with Crippen LogP contribution in [0.3, 0.4) is 0 Å². The monoisotopic (exact) mass is 238 g/mol. The molecule has 7 heteroatoms. The highest BCUT2D eigenvalue weighted by atomic mass is 16.2. The Bertz CT molecular complexity index is 729. The van der Waals surface area contributed by atoms with Crippen LogP contribution < -0.4 is 16.9 Å². The lowest BCUT2D eigenvalue weighted by molar-refractivity contribution is 0.521. The molecule has 7 nitrogen and oxygen atoms in total. The fourth-order valence-corrected chi connectivity index (χ4v) is 1.81. The van der Waals surface area contributed by atoms with Crippen molar-refractivity contribution in [3.8, 4) is 0 Å². The number of aromatic nitrogens is 4. The summed E-state index contributed by atoms with van der Waals surface area (Å²) in [7, 11) is 1.50. The maximum absolute atomic E-state index is 11.7. The molecule has 0 aliphatic carbocycles. The van der Waals surface area contributed by atoms with Crippen LogP contribution in [0.2, 0.25) is 0 Å². The van der Waals surface area contributed by atoms with Crippen molar-refractivity contribution < 1.29 is 0 Å². The Morgan fingerprint density at radius 1 is 1.12 bits per heavy atom. The molecule has 0 aromatic carbocycles. The molecule has 2 aromatic heterocycles. The molecule has 92 valence electrons. The average Bonchev–Trinajstić information content (AvgIpc) is 2.53. The summed E-state index contributed by atoms with van der Waals surface area (Å²) in [6, 6.07) is 0. The second-order valence-electron chi connectivity index (χ2n) is 4.45. The molecule has 0 bridgehead atoms. The zero-order chi connectivity index (χ0) is 12.7. The first-order valence-corrected chi connectivity index (χ1v) is 5.33. The van der Waals surface area contributed by atoms with E-state index in [-0.39, 0.29) is 22.8 Å². The van der Waals surface area contributed by atoms with Gasteiger partial charge in [0.15, 0.2) is 5.52 Å². The molecule has 0 spiro atoms. The summed E-state index contributed by atoms with van der Waals surface area (Å²) in [5, 5.41) is 0. The highest BCUT2D eigenvalue weighted by Crippen LogP contribution is 2.04. The molecule has 0 aliphatic rings. The molecule has 17 heavy (non-hydrogen) atoms. The van der Waals surface area contributed by atoms with Crippen molar-refractivity contribution >= 4 is 11.2 Å². The molecule has 2 N–H and O–H groups in total. The Labute approximate surface area is 95.7 Å². The Kier molecular flexibility index (Phi) is 2.53. The van der Waals surface area contributed by atoms with Crippen LogP contribution in [0.25, 0.3) is 11.2 Å². The molecule has 2 heterocycles. The van der Waals surface area contributed by atoms with Crippen molar-refractivity contribution in [2.45, 2.75) is 20.4 Å². The van der Waals surface area contributed by atoms with Crippen LogP contribution in [0.5, 0.6) is 0 Å². The number of hydrogen-bond donors (Lipinski definition) is 2. The third kappa shape index (κ3) is 1.73.